The molecule has 2 heterocycles. The number of esters is 1. The SMILES string of the molecule is COC(=O)c1cc(CN2CCCC2CCCO)c[nH]1. The Hall–Kier alpha value is -1.33. The lowest BCUT2D eigenvalue weighted by atomic mass is 10.1. The monoisotopic (exact) mass is 266 g/mol. The first-order valence-corrected chi connectivity index (χ1v) is 6.85. The van der Waals surface area contributed by atoms with Gasteiger partial charge in [0, 0.05) is 25.4 Å². The second-order valence-electron chi connectivity index (χ2n) is 5.05. The Labute approximate surface area is 113 Å². The van der Waals surface area contributed by atoms with E-state index < -0.39 is 0 Å². The number of rotatable bonds is 6. The largest absolute Gasteiger partial charge is 0.464 e. The van der Waals surface area contributed by atoms with Crippen molar-refractivity contribution in [1.29, 1.82) is 0 Å². The van der Waals surface area contributed by atoms with Crippen molar-refractivity contribution in [2.75, 3.05) is 20.3 Å². The number of hydrogen-bond donors (Lipinski definition) is 2. The number of methoxy groups -OCH3 is 1. The van der Waals surface area contributed by atoms with Crippen LogP contribution in [-0.4, -0.2) is 47.3 Å². The second kappa shape index (κ2) is 6.73. The van der Waals surface area contributed by atoms with E-state index in [-0.39, 0.29) is 12.6 Å². The molecule has 1 unspecified atom stereocenters. The predicted molar refractivity (Wildman–Crippen MR) is 71.9 cm³/mol. The van der Waals surface area contributed by atoms with E-state index >= 15 is 0 Å². The van der Waals surface area contributed by atoms with Crippen LogP contribution >= 0.6 is 0 Å². The molecule has 5 heteroatoms. The molecule has 0 radical (unpaired) electrons. The third-order valence-corrected chi connectivity index (χ3v) is 3.73. The highest BCUT2D eigenvalue weighted by Crippen LogP contribution is 2.23. The van der Waals surface area contributed by atoms with Crippen molar-refractivity contribution in [3.8, 4) is 0 Å². The molecule has 1 aliphatic heterocycles. The topological polar surface area (TPSA) is 65.6 Å². The van der Waals surface area contributed by atoms with Crippen LogP contribution in [0.15, 0.2) is 12.3 Å². The predicted octanol–water partition coefficient (Wildman–Crippen LogP) is 1.54. The van der Waals surface area contributed by atoms with Crippen molar-refractivity contribution in [2.45, 2.75) is 38.3 Å². The molecular weight excluding hydrogens is 244 g/mol. The van der Waals surface area contributed by atoms with Gasteiger partial charge in [-0.05, 0) is 43.9 Å². The molecule has 0 aromatic carbocycles. The average molecular weight is 266 g/mol. The molecule has 0 amide bonds. The van der Waals surface area contributed by atoms with Crippen molar-refractivity contribution >= 4 is 5.97 Å². The summed E-state index contributed by atoms with van der Waals surface area (Å²) in [5.74, 6) is -0.329. The van der Waals surface area contributed by atoms with Gasteiger partial charge in [-0.3, -0.25) is 4.90 Å². The number of carbonyl (C=O) groups excluding carboxylic acids is 1. The Bertz CT molecular complexity index is 417. The molecule has 19 heavy (non-hydrogen) atoms. The Kier molecular flexibility index (Phi) is 4.99. The van der Waals surface area contributed by atoms with E-state index in [2.05, 4.69) is 14.6 Å². The average Bonchev–Trinajstić information content (AvgIpc) is 3.05. The lowest BCUT2D eigenvalue weighted by Gasteiger charge is -2.23. The molecule has 1 saturated heterocycles. The van der Waals surface area contributed by atoms with Crippen LogP contribution in [0.5, 0.6) is 0 Å². The highest BCUT2D eigenvalue weighted by molar-refractivity contribution is 5.87. The molecule has 1 fully saturated rings. The van der Waals surface area contributed by atoms with Gasteiger partial charge in [0.05, 0.1) is 7.11 Å². The number of carbonyl (C=O) groups is 1. The maximum absolute atomic E-state index is 11.4. The molecule has 1 aromatic heterocycles. The number of aliphatic hydroxyl groups is 1. The van der Waals surface area contributed by atoms with Gasteiger partial charge in [-0.1, -0.05) is 0 Å². The zero-order valence-electron chi connectivity index (χ0n) is 11.4. The van der Waals surface area contributed by atoms with Crippen LogP contribution in [0.25, 0.3) is 0 Å². The van der Waals surface area contributed by atoms with Gasteiger partial charge in [0.15, 0.2) is 0 Å². The summed E-state index contributed by atoms with van der Waals surface area (Å²) >= 11 is 0. The summed E-state index contributed by atoms with van der Waals surface area (Å²) < 4.78 is 4.68. The molecule has 2 N–H and O–H groups in total. The van der Waals surface area contributed by atoms with E-state index in [4.69, 9.17) is 5.11 Å². The van der Waals surface area contributed by atoms with Gasteiger partial charge in [-0.15, -0.1) is 0 Å². The highest BCUT2D eigenvalue weighted by Gasteiger charge is 2.24. The van der Waals surface area contributed by atoms with Gasteiger partial charge in [-0.2, -0.15) is 0 Å². The quantitative estimate of drug-likeness (QED) is 0.767. The third-order valence-electron chi connectivity index (χ3n) is 3.73. The van der Waals surface area contributed by atoms with Crippen molar-refractivity contribution in [3.05, 3.63) is 23.5 Å². The minimum absolute atomic E-state index is 0.265. The molecule has 0 aliphatic carbocycles. The summed E-state index contributed by atoms with van der Waals surface area (Å²) in [6.45, 7) is 2.21. The molecule has 1 aromatic rings. The maximum atomic E-state index is 11.4. The first-order valence-electron chi connectivity index (χ1n) is 6.85. The summed E-state index contributed by atoms with van der Waals surface area (Å²) in [4.78, 5) is 16.8. The van der Waals surface area contributed by atoms with Crippen LogP contribution < -0.4 is 0 Å². The lowest BCUT2D eigenvalue weighted by molar-refractivity contribution is 0.0594. The van der Waals surface area contributed by atoms with Crippen LogP contribution in [0.2, 0.25) is 0 Å². The van der Waals surface area contributed by atoms with Crippen molar-refractivity contribution < 1.29 is 14.6 Å². The van der Waals surface area contributed by atoms with E-state index in [1.54, 1.807) is 0 Å². The smallest absolute Gasteiger partial charge is 0.354 e. The fraction of sp³-hybridized carbons (Fsp3) is 0.643. The van der Waals surface area contributed by atoms with Crippen LogP contribution in [0, 0.1) is 0 Å². The summed E-state index contributed by atoms with van der Waals surface area (Å²) in [6.07, 6.45) is 6.19. The minimum atomic E-state index is -0.329. The Balaban J connectivity index is 1.92. The fourth-order valence-electron chi connectivity index (χ4n) is 2.75. The number of nitrogens with zero attached hydrogens (tertiary/aromatic N) is 1. The number of ether oxygens (including phenoxy) is 1. The normalized spacial score (nSPS) is 19.8. The van der Waals surface area contributed by atoms with Crippen LogP contribution in [0.3, 0.4) is 0 Å². The number of aromatic amines is 1. The number of likely N-dealkylation sites (tertiary alicyclic amines) is 1. The molecule has 5 nitrogen and oxygen atoms in total. The fourth-order valence-corrected chi connectivity index (χ4v) is 2.75. The van der Waals surface area contributed by atoms with Crippen molar-refractivity contribution in [3.63, 3.8) is 0 Å². The number of nitrogens with one attached hydrogen (secondary N) is 1. The van der Waals surface area contributed by atoms with Crippen LogP contribution in [0.4, 0.5) is 0 Å². The third kappa shape index (κ3) is 3.58. The number of H-pyrrole nitrogens is 1. The summed E-state index contributed by atoms with van der Waals surface area (Å²) in [7, 11) is 1.38. The molecule has 1 atom stereocenters. The Morgan fingerprint density at radius 3 is 3.21 bits per heavy atom. The van der Waals surface area contributed by atoms with Crippen LogP contribution in [0.1, 0.15) is 41.7 Å². The molecule has 1 aliphatic rings. The first kappa shape index (κ1) is 14.1. The number of aromatic nitrogens is 1. The second-order valence-corrected chi connectivity index (χ2v) is 5.05. The van der Waals surface area contributed by atoms with Gasteiger partial charge < -0.3 is 14.8 Å². The Morgan fingerprint density at radius 1 is 1.63 bits per heavy atom. The highest BCUT2D eigenvalue weighted by atomic mass is 16.5. The zero-order chi connectivity index (χ0) is 13.7. The molecule has 0 saturated carbocycles. The first-order chi connectivity index (χ1) is 9.24. The van der Waals surface area contributed by atoms with E-state index in [1.807, 2.05) is 12.3 Å². The van der Waals surface area contributed by atoms with Crippen molar-refractivity contribution in [1.82, 2.24) is 9.88 Å². The standard InChI is InChI=1S/C14H22N2O3/c1-19-14(18)13-8-11(9-15-13)10-16-6-2-4-12(16)5-3-7-17/h8-9,12,15,17H,2-7,10H2,1H3. The maximum Gasteiger partial charge on any atom is 0.354 e. The zero-order valence-corrected chi connectivity index (χ0v) is 11.4. The van der Waals surface area contributed by atoms with Crippen LogP contribution in [-0.2, 0) is 11.3 Å². The summed E-state index contributed by atoms with van der Waals surface area (Å²) in [5, 5.41) is 8.92. The van der Waals surface area contributed by atoms with E-state index in [0.29, 0.717) is 11.7 Å². The van der Waals surface area contributed by atoms with E-state index in [9.17, 15) is 4.79 Å². The molecular formula is C14H22N2O3. The molecule has 2 rings (SSSR count). The minimum Gasteiger partial charge on any atom is -0.464 e. The Morgan fingerprint density at radius 2 is 2.47 bits per heavy atom. The van der Waals surface area contributed by atoms with Gasteiger partial charge in [0.1, 0.15) is 5.69 Å². The van der Waals surface area contributed by atoms with Gasteiger partial charge in [-0.25, -0.2) is 4.79 Å². The number of hydrogen-bond acceptors (Lipinski definition) is 4. The van der Waals surface area contributed by atoms with E-state index in [0.717, 1.165) is 31.5 Å². The van der Waals surface area contributed by atoms with Crippen molar-refractivity contribution in [2.24, 2.45) is 0 Å². The van der Waals surface area contributed by atoms with Gasteiger partial charge in [0.2, 0.25) is 0 Å². The molecule has 0 bridgehead atoms. The molecule has 0 spiro atoms. The van der Waals surface area contributed by atoms with Gasteiger partial charge in [0.25, 0.3) is 0 Å². The molecule has 106 valence electrons. The number of aliphatic hydroxyl groups excluding tert-OH is 1. The lowest BCUT2D eigenvalue weighted by Crippen LogP contribution is -2.28. The van der Waals surface area contributed by atoms with Gasteiger partial charge >= 0.3 is 5.97 Å². The summed E-state index contributed by atoms with van der Waals surface area (Å²) in [5.41, 5.74) is 1.61. The summed E-state index contributed by atoms with van der Waals surface area (Å²) in [6, 6.07) is 2.41. The van der Waals surface area contributed by atoms with E-state index in [1.165, 1.54) is 20.0 Å².